The second-order valence-electron chi connectivity index (χ2n) is 6.13. The Kier molecular flexibility index (Phi) is 4.37. The standard InChI is InChI=1S/C19H19F3N2/c1-12-5-6-18-16(7-12)17(11-24-18)14(10-23)8-13-3-2-4-15(9-13)19(20,21)22/h2-7,9,11,14,24H,8,10,23H2,1H3. The van der Waals surface area contributed by atoms with Gasteiger partial charge in [0.1, 0.15) is 0 Å². The minimum Gasteiger partial charge on any atom is -0.361 e. The Morgan fingerprint density at radius 2 is 1.92 bits per heavy atom. The molecule has 126 valence electrons. The van der Waals surface area contributed by atoms with E-state index in [4.69, 9.17) is 5.73 Å². The number of benzene rings is 2. The third-order valence-electron chi connectivity index (χ3n) is 4.33. The summed E-state index contributed by atoms with van der Waals surface area (Å²) in [4.78, 5) is 3.22. The molecule has 0 radical (unpaired) electrons. The van der Waals surface area contributed by atoms with Crippen molar-refractivity contribution in [2.24, 2.45) is 5.73 Å². The summed E-state index contributed by atoms with van der Waals surface area (Å²) in [7, 11) is 0. The molecule has 0 amide bonds. The topological polar surface area (TPSA) is 41.8 Å². The Bertz CT molecular complexity index is 849. The molecule has 1 heterocycles. The van der Waals surface area contributed by atoms with Gasteiger partial charge in [0, 0.05) is 23.0 Å². The molecule has 1 atom stereocenters. The number of aromatic nitrogens is 1. The van der Waals surface area contributed by atoms with E-state index in [0.29, 0.717) is 18.5 Å². The molecule has 0 spiro atoms. The maximum Gasteiger partial charge on any atom is 0.416 e. The summed E-state index contributed by atoms with van der Waals surface area (Å²) in [5.74, 6) is -0.0379. The molecule has 1 aromatic heterocycles. The van der Waals surface area contributed by atoms with Gasteiger partial charge in [-0.2, -0.15) is 13.2 Å². The number of hydrogen-bond donors (Lipinski definition) is 2. The fourth-order valence-electron chi connectivity index (χ4n) is 3.07. The molecule has 0 aliphatic rings. The van der Waals surface area contributed by atoms with Crippen LogP contribution in [0, 0.1) is 6.92 Å². The maximum atomic E-state index is 12.9. The molecule has 3 aromatic rings. The van der Waals surface area contributed by atoms with Crippen LogP contribution in [0.25, 0.3) is 10.9 Å². The van der Waals surface area contributed by atoms with Crippen LogP contribution in [0.2, 0.25) is 0 Å². The van der Waals surface area contributed by atoms with Gasteiger partial charge in [-0.3, -0.25) is 0 Å². The number of rotatable bonds is 4. The van der Waals surface area contributed by atoms with Gasteiger partial charge in [0.25, 0.3) is 0 Å². The average Bonchev–Trinajstić information content (AvgIpc) is 2.95. The molecule has 5 heteroatoms. The molecule has 2 nitrogen and oxygen atoms in total. The van der Waals surface area contributed by atoms with E-state index in [1.807, 2.05) is 25.3 Å². The number of halogens is 3. The lowest BCUT2D eigenvalue weighted by Crippen LogP contribution is -2.15. The third kappa shape index (κ3) is 3.31. The fourth-order valence-corrected chi connectivity index (χ4v) is 3.07. The molecule has 0 saturated heterocycles. The number of H-pyrrole nitrogens is 1. The van der Waals surface area contributed by atoms with Crippen molar-refractivity contribution in [3.8, 4) is 0 Å². The zero-order valence-corrected chi connectivity index (χ0v) is 13.3. The molecule has 0 fully saturated rings. The first-order valence-electron chi connectivity index (χ1n) is 7.82. The van der Waals surface area contributed by atoms with Crippen LogP contribution >= 0.6 is 0 Å². The first kappa shape index (κ1) is 16.6. The SMILES string of the molecule is Cc1ccc2[nH]cc(C(CN)Cc3cccc(C(F)(F)F)c3)c2c1. The summed E-state index contributed by atoms with van der Waals surface area (Å²) in [6.45, 7) is 2.39. The minimum absolute atomic E-state index is 0.0379. The Morgan fingerprint density at radius 1 is 1.12 bits per heavy atom. The minimum atomic E-state index is -4.33. The summed E-state index contributed by atoms with van der Waals surface area (Å²) in [5.41, 5.74) is 9.15. The summed E-state index contributed by atoms with van der Waals surface area (Å²) in [5, 5.41) is 1.08. The van der Waals surface area contributed by atoms with E-state index in [2.05, 4.69) is 11.1 Å². The largest absolute Gasteiger partial charge is 0.416 e. The zero-order valence-electron chi connectivity index (χ0n) is 13.3. The van der Waals surface area contributed by atoms with Crippen LogP contribution in [0.4, 0.5) is 13.2 Å². The van der Waals surface area contributed by atoms with Crippen LogP contribution in [0.15, 0.2) is 48.7 Å². The lowest BCUT2D eigenvalue weighted by atomic mass is 9.91. The summed E-state index contributed by atoms with van der Waals surface area (Å²) >= 11 is 0. The van der Waals surface area contributed by atoms with Gasteiger partial charge < -0.3 is 10.7 Å². The molecular weight excluding hydrogens is 313 g/mol. The van der Waals surface area contributed by atoms with Gasteiger partial charge in [0.05, 0.1) is 5.56 Å². The molecule has 0 bridgehead atoms. The summed E-state index contributed by atoms with van der Waals surface area (Å²) in [6, 6.07) is 11.6. The van der Waals surface area contributed by atoms with Gasteiger partial charge >= 0.3 is 6.18 Å². The van der Waals surface area contributed by atoms with Crippen LogP contribution in [0.5, 0.6) is 0 Å². The van der Waals surface area contributed by atoms with Crippen LogP contribution in [0.3, 0.4) is 0 Å². The van der Waals surface area contributed by atoms with E-state index in [0.717, 1.165) is 28.1 Å². The van der Waals surface area contributed by atoms with E-state index in [-0.39, 0.29) is 5.92 Å². The summed E-state index contributed by atoms with van der Waals surface area (Å²) in [6.07, 6.45) is -1.94. The van der Waals surface area contributed by atoms with Crippen molar-refractivity contribution < 1.29 is 13.2 Å². The molecule has 0 saturated carbocycles. The van der Waals surface area contributed by atoms with Gasteiger partial charge in [0.15, 0.2) is 0 Å². The number of alkyl halides is 3. The van der Waals surface area contributed by atoms with Crippen LogP contribution in [-0.4, -0.2) is 11.5 Å². The van der Waals surface area contributed by atoms with Gasteiger partial charge in [-0.1, -0.05) is 29.8 Å². The first-order chi connectivity index (χ1) is 11.4. The monoisotopic (exact) mass is 332 g/mol. The highest BCUT2D eigenvalue weighted by molar-refractivity contribution is 5.84. The average molecular weight is 332 g/mol. The first-order valence-corrected chi connectivity index (χ1v) is 7.82. The fraction of sp³-hybridized carbons (Fsp3) is 0.263. The summed E-state index contributed by atoms with van der Waals surface area (Å²) < 4.78 is 38.7. The van der Waals surface area contributed by atoms with Crippen LogP contribution in [-0.2, 0) is 12.6 Å². The number of aryl methyl sites for hydroxylation is 1. The Hall–Kier alpha value is -2.27. The van der Waals surface area contributed by atoms with E-state index < -0.39 is 11.7 Å². The zero-order chi connectivity index (χ0) is 17.3. The van der Waals surface area contributed by atoms with Gasteiger partial charge in [-0.15, -0.1) is 0 Å². The number of hydrogen-bond acceptors (Lipinski definition) is 1. The second-order valence-corrected chi connectivity index (χ2v) is 6.13. The highest BCUT2D eigenvalue weighted by atomic mass is 19.4. The van der Waals surface area contributed by atoms with Crippen molar-refractivity contribution in [1.29, 1.82) is 0 Å². The predicted octanol–water partition coefficient (Wildman–Crippen LogP) is 4.78. The Labute approximate surface area is 138 Å². The quantitative estimate of drug-likeness (QED) is 0.709. The maximum absolute atomic E-state index is 12.9. The highest BCUT2D eigenvalue weighted by Crippen LogP contribution is 2.32. The van der Waals surface area contributed by atoms with E-state index in [9.17, 15) is 13.2 Å². The molecule has 2 aromatic carbocycles. The molecule has 0 aliphatic heterocycles. The van der Waals surface area contributed by atoms with Crippen LogP contribution in [0.1, 0.15) is 28.2 Å². The van der Waals surface area contributed by atoms with Gasteiger partial charge in [-0.25, -0.2) is 0 Å². The van der Waals surface area contributed by atoms with Crippen molar-refractivity contribution in [1.82, 2.24) is 4.98 Å². The van der Waals surface area contributed by atoms with Crippen molar-refractivity contribution in [2.45, 2.75) is 25.4 Å². The number of nitrogens with one attached hydrogen (secondary N) is 1. The van der Waals surface area contributed by atoms with E-state index >= 15 is 0 Å². The molecule has 3 N–H and O–H groups in total. The lowest BCUT2D eigenvalue weighted by molar-refractivity contribution is -0.137. The number of fused-ring (bicyclic) bond motifs is 1. The Morgan fingerprint density at radius 3 is 2.62 bits per heavy atom. The molecular formula is C19H19F3N2. The van der Waals surface area contributed by atoms with Crippen LogP contribution < -0.4 is 5.73 Å². The van der Waals surface area contributed by atoms with Crippen molar-refractivity contribution in [3.63, 3.8) is 0 Å². The number of nitrogens with two attached hydrogens (primary N) is 1. The Balaban J connectivity index is 1.93. The van der Waals surface area contributed by atoms with Crippen molar-refractivity contribution >= 4 is 10.9 Å². The van der Waals surface area contributed by atoms with Gasteiger partial charge in [0.2, 0.25) is 0 Å². The smallest absolute Gasteiger partial charge is 0.361 e. The number of aromatic amines is 1. The molecule has 1 unspecified atom stereocenters. The van der Waals surface area contributed by atoms with Gasteiger partial charge in [-0.05, 0) is 49.2 Å². The lowest BCUT2D eigenvalue weighted by Gasteiger charge is -2.16. The third-order valence-corrected chi connectivity index (χ3v) is 4.33. The molecule has 0 aliphatic carbocycles. The highest BCUT2D eigenvalue weighted by Gasteiger charge is 2.30. The van der Waals surface area contributed by atoms with Crippen molar-refractivity contribution in [2.75, 3.05) is 6.54 Å². The van der Waals surface area contributed by atoms with E-state index in [1.54, 1.807) is 6.07 Å². The van der Waals surface area contributed by atoms with Crippen molar-refractivity contribution in [3.05, 3.63) is 70.9 Å². The predicted molar refractivity (Wildman–Crippen MR) is 90.0 cm³/mol. The second kappa shape index (κ2) is 6.32. The van der Waals surface area contributed by atoms with E-state index in [1.165, 1.54) is 12.1 Å². The molecule has 3 rings (SSSR count). The normalized spacial score (nSPS) is 13.4. The molecule has 24 heavy (non-hydrogen) atoms.